The first-order valence-electron chi connectivity index (χ1n) is 6.18. The molecule has 2 aromatic heterocycles. The molecule has 106 valence electrons. The average molecular weight is 304 g/mol. The average Bonchev–Trinajstić information content (AvgIpc) is 2.95. The molecule has 1 aliphatic rings. The van der Waals surface area contributed by atoms with Crippen LogP contribution in [0.15, 0.2) is 12.3 Å². The van der Waals surface area contributed by atoms with E-state index in [2.05, 4.69) is 15.1 Å². The minimum Gasteiger partial charge on any atom is -0.382 e. The molecule has 21 heavy (non-hydrogen) atoms. The summed E-state index contributed by atoms with van der Waals surface area (Å²) in [7, 11) is 0. The van der Waals surface area contributed by atoms with Crippen molar-refractivity contribution in [3.05, 3.63) is 28.8 Å². The first-order valence-corrected chi connectivity index (χ1v) is 6.56. The molecule has 0 spiro atoms. The molecule has 1 aliphatic heterocycles. The van der Waals surface area contributed by atoms with Crippen LogP contribution in [0.5, 0.6) is 0 Å². The number of nitrogens with zero attached hydrogens (tertiary/aromatic N) is 6. The van der Waals surface area contributed by atoms with Gasteiger partial charge in [0.2, 0.25) is 0 Å². The van der Waals surface area contributed by atoms with Gasteiger partial charge >= 0.3 is 0 Å². The lowest BCUT2D eigenvalue weighted by atomic mass is 10.2. The Hall–Kier alpha value is -2.66. The Kier molecular flexibility index (Phi) is 3.19. The summed E-state index contributed by atoms with van der Waals surface area (Å²) in [5.74, 6) is 0.149. The van der Waals surface area contributed by atoms with Crippen LogP contribution >= 0.6 is 11.6 Å². The number of halogens is 1. The van der Waals surface area contributed by atoms with Crippen LogP contribution in [0.1, 0.15) is 22.6 Å². The van der Waals surface area contributed by atoms with E-state index in [1.807, 2.05) is 0 Å². The second kappa shape index (κ2) is 5.03. The van der Waals surface area contributed by atoms with Crippen molar-refractivity contribution < 1.29 is 4.79 Å². The number of aromatic nitrogens is 4. The molecule has 0 aliphatic carbocycles. The normalized spacial score (nSPS) is 13.6. The highest BCUT2D eigenvalue weighted by molar-refractivity contribution is 6.30. The van der Waals surface area contributed by atoms with Crippen molar-refractivity contribution >= 4 is 29.1 Å². The zero-order valence-corrected chi connectivity index (χ0v) is 11.6. The van der Waals surface area contributed by atoms with Gasteiger partial charge in [-0.05, 0) is 6.42 Å². The molecule has 0 bridgehead atoms. The number of anilines is 2. The molecule has 1 amide bonds. The smallest absolute Gasteiger partial charge is 0.281 e. The van der Waals surface area contributed by atoms with Gasteiger partial charge in [-0.25, -0.2) is 14.6 Å². The molecular formula is C12H10ClN7O. The maximum atomic E-state index is 12.6. The predicted octanol–water partition coefficient (Wildman–Crippen LogP) is 0.831. The van der Waals surface area contributed by atoms with Crippen LogP contribution in [0.25, 0.3) is 0 Å². The van der Waals surface area contributed by atoms with Crippen molar-refractivity contribution in [1.82, 2.24) is 19.7 Å². The fraction of sp³-hybridized carbons (Fsp3) is 0.250. The Morgan fingerprint density at radius 1 is 1.43 bits per heavy atom. The molecular weight excluding hydrogens is 294 g/mol. The van der Waals surface area contributed by atoms with Crippen molar-refractivity contribution in [2.75, 3.05) is 17.2 Å². The van der Waals surface area contributed by atoms with E-state index >= 15 is 0 Å². The summed E-state index contributed by atoms with van der Waals surface area (Å²) in [5.41, 5.74) is 5.51. The van der Waals surface area contributed by atoms with Crippen molar-refractivity contribution in [3.8, 4) is 6.07 Å². The summed E-state index contributed by atoms with van der Waals surface area (Å²) in [6, 6.07) is 3.52. The van der Waals surface area contributed by atoms with Crippen LogP contribution in [0, 0.1) is 11.3 Å². The molecule has 0 unspecified atom stereocenters. The monoisotopic (exact) mass is 303 g/mol. The summed E-state index contributed by atoms with van der Waals surface area (Å²) < 4.78 is 1.73. The van der Waals surface area contributed by atoms with Gasteiger partial charge in [0, 0.05) is 19.2 Å². The minimum atomic E-state index is -0.422. The summed E-state index contributed by atoms with van der Waals surface area (Å²) in [4.78, 5) is 21.8. The van der Waals surface area contributed by atoms with Gasteiger partial charge in [-0.15, -0.1) is 0 Å². The summed E-state index contributed by atoms with van der Waals surface area (Å²) >= 11 is 5.74. The number of amides is 1. The van der Waals surface area contributed by atoms with Gasteiger partial charge in [0.15, 0.2) is 22.4 Å². The quantitative estimate of drug-likeness (QED) is 0.834. The molecule has 0 saturated heterocycles. The van der Waals surface area contributed by atoms with Crippen LogP contribution < -0.4 is 10.6 Å². The highest BCUT2D eigenvalue weighted by atomic mass is 35.5. The van der Waals surface area contributed by atoms with Crippen molar-refractivity contribution in [1.29, 1.82) is 5.26 Å². The van der Waals surface area contributed by atoms with E-state index in [9.17, 15) is 4.79 Å². The lowest BCUT2D eigenvalue weighted by molar-refractivity contribution is 0.0977. The number of nitriles is 1. The van der Waals surface area contributed by atoms with Gasteiger partial charge < -0.3 is 5.73 Å². The number of hydrogen-bond donors (Lipinski definition) is 1. The number of rotatable bonds is 1. The third-order valence-corrected chi connectivity index (χ3v) is 3.42. The van der Waals surface area contributed by atoms with E-state index in [-0.39, 0.29) is 22.4 Å². The standard InChI is InChI=1S/C12H10ClN7O/c13-10-7(6-14)17-9(11(15)18-10)12(21)19-4-1-5-20-8(19)2-3-16-20/h2-3H,1,4-5H2,(H2,15,18). The first kappa shape index (κ1) is 13.3. The number of carbonyl (C=O) groups excluding carboxylic acids is 1. The van der Waals surface area contributed by atoms with E-state index < -0.39 is 5.91 Å². The fourth-order valence-electron chi connectivity index (χ4n) is 2.21. The SMILES string of the molecule is N#Cc1nc(C(=O)N2CCCn3nccc32)c(N)nc1Cl. The largest absolute Gasteiger partial charge is 0.382 e. The second-order valence-electron chi connectivity index (χ2n) is 4.43. The van der Waals surface area contributed by atoms with Crippen molar-refractivity contribution in [3.63, 3.8) is 0 Å². The lowest BCUT2D eigenvalue weighted by Gasteiger charge is -2.27. The second-order valence-corrected chi connectivity index (χ2v) is 4.79. The first-order chi connectivity index (χ1) is 10.1. The Morgan fingerprint density at radius 3 is 3.00 bits per heavy atom. The molecule has 9 heteroatoms. The number of hydrogen-bond acceptors (Lipinski definition) is 6. The Balaban J connectivity index is 2.03. The molecule has 0 aromatic carbocycles. The van der Waals surface area contributed by atoms with Gasteiger partial charge in [0.1, 0.15) is 11.9 Å². The minimum absolute atomic E-state index is 0.0781. The van der Waals surface area contributed by atoms with Gasteiger partial charge in [0.05, 0.1) is 6.20 Å². The highest BCUT2D eigenvalue weighted by Crippen LogP contribution is 2.23. The maximum Gasteiger partial charge on any atom is 0.281 e. The highest BCUT2D eigenvalue weighted by Gasteiger charge is 2.27. The van der Waals surface area contributed by atoms with E-state index in [4.69, 9.17) is 22.6 Å². The molecule has 3 heterocycles. The molecule has 3 rings (SSSR count). The summed E-state index contributed by atoms with van der Waals surface area (Å²) in [6.45, 7) is 1.27. The molecule has 2 N–H and O–H groups in total. The zero-order chi connectivity index (χ0) is 15.0. The van der Waals surface area contributed by atoms with Gasteiger partial charge in [-0.1, -0.05) is 11.6 Å². The fourth-order valence-corrected chi connectivity index (χ4v) is 2.38. The third-order valence-electron chi connectivity index (χ3n) is 3.16. The Bertz CT molecular complexity index is 763. The molecule has 8 nitrogen and oxygen atoms in total. The van der Waals surface area contributed by atoms with Crippen LogP contribution in [0.3, 0.4) is 0 Å². The number of carbonyl (C=O) groups is 1. The Morgan fingerprint density at radius 2 is 2.24 bits per heavy atom. The summed E-state index contributed by atoms with van der Waals surface area (Å²) in [6.07, 6.45) is 2.39. The predicted molar refractivity (Wildman–Crippen MR) is 74.7 cm³/mol. The van der Waals surface area contributed by atoms with Crippen LogP contribution in [-0.4, -0.2) is 32.2 Å². The molecule has 2 aromatic rings. The van der Waals surface area contributed by atoms with Gasteiger partial charge in [-0.3, -0.25) is 9.69 Å². The molecule has 0 radical (unpaired) electrons. The molecule has 0 saturated carbocycles. The van der Waals surface area contributed by atoms with Crippen LogP contribution in [0.2, 0.25) is 5.15 Å². The zero-order valence-electron chi connectivity index (χ0n) is 10.8. The topological polar surface area (TPSA) is 114 Å². The van der Waals surface area contributed by atoms with E-state index in [0.717, 1.165) is 13.0 Å². The van der Waals surface area contributed by atoms with Gasteiger partial charge in [0.25, 0.3) is 5.91 Å². The molecule has 0 atom stereocenters. The van der Waals surface area contributed by atoms with E-state index in [0.29, 0.717) is 12.4 Å². The molecule has 0 fully saturated rings. The number of nitrogen functional groups attached to an aromatic ring is 1. The Labute approximate surface area is 124 Å². The lowest BCUT2D eigenvalue weighted by Crippen LogP contribution is -2.38. The third kappa shape index (κ3) is 2.17. The summed E-state index contributed by atoms with van der Waals surface area (Å²) in [5, 5.41) is 13.0. The van der Waals surface area contributed by atoms with Gasteiger partial charge in [-0.2, -0.15) is 10.4 Å². The van der Waals surface area contributed by atoms with Crippen LogP contribution in [0.4, 0.5) is 11.6 Å². The van der Waals surface area contributed by atoms with Crippen LogP contribution in [-0.2, 0) is 6.54 Å². The van der Waals surface area contributed by atoms with E-state index in [1.54, 1.807) is 23.0 Å². The van der Waals surface area contributed by atoms with E-state index in [1.165, 1.54) is 4.90 Å². The van der Waals surface area contributed by atoms with Crippen molar-refractivity contribution in [2.24, 2.45) is 0 Å². The maximum absolute atomic E-state index is 12.6. The number of nitrogens with two attached hydrogens (primary N) is 1. The number of aryl methyl sites for hydroxylation is 1. The van der Waals surface area contributed by atoms with Crippen molar-refractivity contribution in [2.45, 2.75) is 13.0 Å². The number of fused-ring (bicyclic) bond motifs is 1.